The van der Waals surface area contributed by atoms with Crippen LogP contribution in [-0.4, -0.2) is 66.1 Å². The largest absolute Gasteiger partial charge is 0.726 e. The molecule has 16 heavy (non-hydrogen) atoms. The van der Waals surface area contributed by atoms with Gasteiger partial charge in [0.1, 0.15) is 13.1 Å². The Balaban J connectivity index is 0. The van der Waals surface area contributed by atoms with Crippen molar-refractivity contribution in [1.82, 2.24) is 0 Å². The lowest BCUT2D eigenvalue weighted by Crippen LogP contribution is -2.51. The molecule has 1 rings (SSSR count). The van der Waals surface area contributed by atoms with Gasteiger partial charge in [0.05, 0.1) is 26.8 Å². The summed E-state index contributed by atoms with van der Waals surface area (Å²) in [6.45, 7) is 7.76. The Hall–Kier alpha value is -0.190. The first-order chi connectivity index (χ1) is 7.27. The Morgan fingerprint density at radius 3 is 1.88 bits per heavy atom. The fraction of sp³-hybridized carbons (Fsp3) is 1.00. The molecule has 0 unspecified atom stereocenters. The van der Waals surface area contributed by atoms with Crippen LogP contribution < -0.4 is 0 Å². The van der Waals surface area contributed by atoms with Crippen LogP contribution in [0.2, 0.25) is 0 Å². The van der Waals surface area contributed by atoms with Crippen molar-refractivity contribution in [2.45, 2.75) is 6.92 Å². The molecule has 1 N–H and O–H groups in total. The molecule has 1 aliphatic heterocycles. The first-order valence-corrected chi connectivity index (χ1v) is 6.23. The van der Waals surface area contributed by atoms with Gasteiger partial charge >= 0.3 is 0 Å². The van der Waals surface area contributed by atoms with E-state index in [-0.39, 0.29) is 0 Å². The second-order valence-electron chi connectivity index (χ2n) is 3.42. The van der Waals surface area contributed by atoms with Crippen molar-refractivity contribution in [3.63, 3.8) is 0 Å². The van der Waals surface area contributed by atoms with E-state index in [1.807, 2.05) is 0 Å². The number of rotatable bonds is 1. The summed E-state index contributed by atoms with van der Waals surface area (Å²) in [5.74, 6) is 0. The monoisotopic (exact) mass is 275 g/mol. The average Bonchev–Trinajstić information content (AvgIpc) is 2.20. The molecule has 0 aromatic rings. The molecule has 0 spiro atoms. The summed E-state index contributed by atoms with van der Waals surface area (Å²) in [7, 11) is -2.62. The van der Waals surface area contributed by atoms with Crippen LogP contribution in [-0.2, 0) is 27.7 Å². The second-order valence-corrected chi connectivity index (χ2v) is 4.28. The zero-order valence-electron chi connectivity index (χ0n) is 9.29. The number of likely N-dealkylation sites (N-methyl/N-ethyl adjacent to an activating group) is 1. The maximum absolute atomic E-state index is 8.63. The highest BCUT2D eigenvalue weighted by molar-refractivity contribution is 7.79. The summed E-state index contributed by atoms with van der Waals surface area (Å²) < 4.78 is 47.1. The lowest BCUT2D eigenvalue weighted by atomic mass is 10.3. The number of morpholine rings is 1. The van der Waals surface area contributed by atoms with Crippen molar-refractivity contribution in [3.8, 4) is 0 Å². The number of ether oxygens (including phenoxy) is 1. The minimum atomic E-state index is -4.92. The molecular formula is C7H17NO6S2. The van der Waals surface area contributed by atoms with Gasteiger partial charge in [-0.1, -0.05) is 0 Å². The summed E-state index contributed by atoms with van der Waals surface area (Å²) in [5, 5.41) is 0. The van der Waals surface area contributed by atoms with Crippen LogP contribution in [0.15, 0.2) is 0 Å². The molecule has 0 bridgehead atoms. The third-order valence-electron chi connectivity index (χ3n) is 2.31. The molecule has 98 valence electrons. The van der Waals surface area contributed by atoms with Gasteiger partial charge < -0.3 is 13.8 Å². The van der Waals surface area contributed by atoms with Crippen molar-refractivity contribution < 1.29 is 31.0 Å². The van der Waals surface area contributed by atoms with Crippen molar-refractivity contribution in [2.75, 3.05) is 39.9 Å². The van der Waals surface area contributed by atoms with Gasteiger partial charge in [-0.3, -0.25) is 4.55 Å². The summed E-state index contributed by atoms with van der Waals surface area (Å²) in [4.78, 5) is 0. The highest BCUT2D eigenvalue weighted by Gasteiger charge is 2.21. The molecule has 1 fully saturated rings. The van der Waals surface area contributed by atoms with Gasteiger partial charge in [-0.15, -0.1) is 0 Å². The zero-order valence-corrected chi connectivity index (χ0v) is 10.9. The molecule has 9 heteroatoms. The Kier molecular flexibility index (Phi) is 10.1. The fourth-order valence-corrected chi connectivity index (χ4v) is 1.10. The van der Waals surface area contributed by atoms with Crippen LogP contribution in [0, 0.1) is 0 Å². The molecule has 0 radical (unpaired) electrons. The van der Waals surface area contributed by atoms with E-state index in [0.717, 1.165) is 13.2 Å². The van der Waals surface area contributed by atoms with E-state index in [4.69, 9.17) is 26.5 Å². The SMILES string of the molecule is CC[N+]1(C)CCOCC1.O=S.O=S(=O)([O-])O. The van der Waals surface area contributed by atoms with E-state index >= 15 is 0 Å². The number of hydrogen-bond donors (Lipinski definition) is 1. The van der Waals surface area contributed by atoms with E-state index in [9.17, 15) is 0 Å². The number of quaternary nitrogens is 1. The van der Waals surface area contributed by atoms with Crippen molar-refractivity contribution >= 4 is 22.9 Å². The molecule has 7 nitrogen and oxygen atoms in total. The van der Waals surface area contributed by atoms with Gasteiger partial charge in [0, 0.05) is 0 Å². The Bertz CT molecular complexity index is 254. The summed E-state index contributed by atoms with van der Waals surface area (Å²) in [6.07, 6.45) is 0. The molecule has 0 atom stereocenters. The van der Waals surface area contributed by atoms with Crippen LogP contribution in [0.5, 0.6) is 0 Å². The molecule has 0 aromatic heterocycles. The Morgan fingerprint density at radius 2 is 1.69 bits per heavy atom. The Labute approximate surface area is 101 Å². The van der Waals surface area contributed by atoms with Gasteiger partial charge in [0.15, 0.2) is 12.5 Å². The van der Waals surface area contributed by atoms with Gasteiger partial charge in [-0.2, -0.15) is 4.21 Å². The van der Waals surface area contributed by atoms with Crippen LogP contribution in [0.1, 0.15) is 6.92 Å². The van der Waals surface area contributed by atoms with Gasteiger partial charge in [-0.25, -0.2) is 8.42 Å². The molecule has 0 aliphatic carbocycles. The van der Waals surface area contributed by atoms with E-state index in [0.29, 0.717) is 0 Å². The van der Waals surface area contributed by atoms with E-state index in [1.165, 1.54) is 24.1 Å². The van der Waals surface area contributed by atoms with Gasteiger partial charge in [-0.05, 0) is 6.92 Å². The molecule has 1 aliphatic rings. The van der Waals surface area contributed by atoms with Crippen LogP contribution in [0.3, 0.4) is 0 Å². The quantitative estimate of drug-likeness (QED) is 0.377. The predicted octanol–water partition coefficient (Wildman–Crippen LogP) is -0.849. The van der Waals surface area contributed by atoms with Crippen LogP contribution in [0.4, 0.5) is 0 Å². The Morgan fingerprint density at radius 1 is 1.38 bits per heavy atom. The molecule has 0 saturated carbocycles. The number of nitrogens with zero attached hydrogens (tertiary/aromatic N) is 1. The lowest BCUT2D eigenvalue weighted by Gasteiger charge is -2.36. The van der Waals surface area contributed by atoms with E-state index in [1.54, 1.807) is 0 Å². The van der Waals surface area contributed by atoms with E-state index in [2.05, 4.69) is 26.5 Å². The highest BCUT2D eigenvalue weighted by Crippen LogP contribution is 2.05. The second kappa shape index (κ2) is 8.90. The van der Waals surface area contributed by atoms with Gasteiger partial charge in [0.25, 0.3) is 0 Å². The first kappa shape index (κ1) is 18.2. The average molecular weight is 275 g/mol. The van der Waals surface area contributed by atoms with Crippen LogP contribution in [0.25, 0.3) is 0 Å². The number of hydrogen-bond acceptors (Lipinski definition) is 6. The molecule has 0 aromatic carbocycles. The third-order valence-corrected chi connectivity index (χ3v) is 2.31. The highest BCUT2D eigenvalue weighted by atomic mass is 32.3. The van der Waals surface area contributed by atoms with E-state index < -0.39 is 10.4 Å². The van der Waals surface area contributed by atoms with Crippen LogP contribution >= 0.6 is 0 Å². The molecule has 0 amide bonds. The standard InChI is InChI=1S/C7H16NO.H2O4S.OS/c1-3-8(2)4-6-9-7-5-8;1-5(2,3)4;1-2/h3-7H2,1-2H3;(H2,1,2,3,4);/q+1;;/p-1. The summed E-state index contributed by atoms with van der Waals surface area (Å²) >= 11 is 2.83. The maximum atomic E-state index is 8.63. The smallest absolute Gasteiger partial charge is 0.215 e. The topological polar surface area (TPSA) is 104 Å². The fourth-order valence-electron chi connectivity index (χ4n) is 1.10. The van der Waals surface area contributed by atoms with Crippen molar-refractivity contribution in [3.05, 3.63) is 0 Å². The molecule has 1 saturated heterocycles. The van der Waals surface area contributed by atoms with Crippen molar-refractivity contribution in [2.24, 2.45) is 0 Å². The third kappa shape index (κ3) is 13.8. The zero-order chi connectivity index (χ0) is 13.2. The summed E-state index contributed by atoms with van der Waals surface area (Å²) in [6, 6.07) is 0. The predicted molar refractivity (Wildman–Crippen MR) is 57.7 cm³/mol. The first-order valence-electron chi connectivity index (χ1n) is 4.53. The maximum Gasteiger partial charge on any atom is 0.215 e. The summed E-state index contributed by atoms with van der Waals surface area (Å²) in [5.41, 5.74) is 0. The minimum absolute atomic E-state index is 0.949. The molecular weight excluding hydrogens is 258 g/mol. The van der Waals surface area contributed by atoms with Crippen molar-refractivity contribution in [1.29, 1.82) is 0 Å². The minimum Gasteiger partial charge on any atom is -0.726 e. The normalized spacial score (nSPS) is 18.5. The molecule has 1 heterocycles. The van der Waals surface area contributed by atoms with Gasteiger partial charge in [0.2, 0.25) is 10.4 Å². The lowest BCUT2D eigenvalue weighted by molar-refractivity contribution is -0.915.